The van der Waals surface area contributed by atoms with E-state index in [1.807, 2.05) is 0 Å². The highest BCUT2D eigenvalue weighted by Crippen LogP contribution is 2.36. The third kappa shape index (κ3) is 4.01. The van der Waals surface area contributed by atoms with Gasteiger partial charge in [-0.25, -0.2) is 0 Å². The molecule has 1 unspecified atom stereocenters. The van der Waals surface area contributed by atoms with E-state index < -0.39 is 0 Å². The molecule has 0 bridgehead atoms. The molecule has 1 aliphatic rings. The monoisotopic (exact) mass is 301 g/mol. The second-order valence-corrected chi connectivity index (χ2v) is 7.08. The molecule has 2 N–H and O–H groups in total. The Kier molecular flexibility index (Phi) is 4.65. The van der Waals surface area contributed by atoms with E-state index in [-0.39, 0.29) is 5.75 Å². The first-order chi connectivity index (χ1) is 8.87. The minimum absolute atomic E-state index is 0.133. The number of phenolic OH excluding ortho intramolecular Hbond substituents is 1. The zero-order chi connectivity index (χ0) is 14.0. The summed E-state index contributed by atoms with van der Waals surface area (Å²) in [7, 11) is 0. The Bertz CT molecular complexity index is 460. The van der Waals surface area contributed by atoms with E-state index in [1.165, 1.54) is 25.7 Å². The summed E-state index contributed by atoms with van der Waals surface area (Å²) in [5, 5.41) is 14.3. The van der Waals surface area contributed by atoms with Crippen LogP contribution in [0, 0.1) is 5.41 Å². The van der Waals surface area contributed by atoms with Crippen LogP contribution in [0.25, 0.3) is 0 Å². The quantitative estimate of drug-likeness (QED) is 0.844. The number of benzene rings is 1. The average molecular weight is 302 g/mol. The van der Waals surface area contributed by atoms with Gasteiger partial charge >= 0.3 is 0 Å². The van der Waals surface area contributed by atoms with Crippen LogP contribution in [0.1, 0.15) is 45.1 Å². The molecule has 0 amide bonds. The minimum atomic E-state index is 0.133. The summed E-state index contributed by atoms with van der Waals surface area (Å²) >= 11 is 11.9. The molecule has 1 aromatic carbocycles. The molecule has 1 aliphatic carbocycles. The zero-order valence-corrected chi connectivity index (χ0v) is 13.0. The predicted octanol–water partition coefficient (Wildman–Crippen LogP) is 4.76. The highest BCUT2D eigenvalue weighted by Gasteiger charge is 2.27. The lowest BCUT2D eigenvalue weighted by atomic mass is 9.75. The minimum Gasteiger partial charge on any atom is -0.506 e. The van der Waals surface area contributed by atoms with E-state index in [0.29, 0.717) is 28.0 Å². The number of hydrogen-bond acceptors (Lipinski definition) is 2. The van der Waals surface area contributed by atoms with E-state index in [9.17, 15) is 5.11 Å². The standard InChI is InChI=1S/C15H21Cl2NO/c1-15(2)5-3-4-12(8-15)18-9-10-6-11(16)7-13(17)14(10)19/h6-7,12,18-19H,3-5,8-9H2,1-2H3. The van der Waals surface area contributed by atoms with E-state index in [0.717, 1.165) is 5.56 Å². The number of aromatic hydroxyl groups is 1. The van der Waals surface area contributed by atoms with Crippen LogP contribution < -0.4 is 5.32 Å². The lowest BCUT2D eigenvalue weighted by Gasteiger charge is -2.35. The normalized spacial score (nSPS) is 22.4. The molecule has 106 valence electrons. The van der Waals surface area contributed by atoms with Crippen molar-refractivity contribution in [2.75, 3.05) is 0 Å². The fourth-order valence-corrected chi connectivity index (χ4v) is 3.42. The van der Waals surface area contributed by atoms with Crippen LogP contribution in [-0.4, -0.2) is 11.1 Å². The van der Waals surface area contributed by atoms with Gasteiger partial charge in [0.2, 0.25) is 0 Å². The first-order valence-corrected chi connectivity index (χ1v) is 7.53. The molecule has 19 heavy (non-hydrogen) atoms. The van der Waals surface area contributed by atoms with Crippen molar-refractivity contribution in [2.45, 2.75) is 52.1 Å². The Morgan fingerprint density at radius 3 is 2.79 bits per heavy atom. The Hall–Kier alpha value is -0.440. The molecule has 2 nitrogen and oxygen atoms in total. The molecule has 1 aromatic rings. The molecule has 0 heterocycles. The van der Waals surface area contributed by atoms with Crippen LogP contribution >= 0.6 is 23.2 Å². The van der Waals surface area contributed by atoms with Gasteiger partial charge in [-0.05, 0) is 36.8 Å². The highest BCUT2D eigenvalue weighted by molar-refractivity contribution is 6.35. The molecule has 1 fully saturated rings. The molecule has 1 atom stereocenters. The van der Waals surface area contributed by atoms with Gasteiger partial charge in [-0.15, -0.1) is 0 Å². The number of rotatable bonds is 3. The first-order valence-electron chi connectivity index (χ1n) is 6.78. The lowest BCUT2D eigenvalue weighted by molar-refractivity contribution is 0.197. The summed E-state index contributed by atoms with van der Waals surface area (Å²) < 4.78 is 0. The van der Waals surface area contributed by atoms with E-state index in [2.05, 4.69) is 19.2 Å². The predicted molar refractivity (Wildman–Crippen MR) is 81.0 cm³/mol. The summed E-state index contributed by atoms with van der Waals surface area (Å²) in [5.41, 5.74) is 1.17. The molecule has 0 radical (unpaired) electrons. The van der Waals surface area contributed by atoms with Gasteiger partial charge in [0.25, 0.3) is 0 Å². The summed E-state index contributed by atoms with van der Waals surface area (Å²) in [4.78, 5) is 0. The van der Waals surface area contributed by atoms with Crippen LogP contribution in [0.4, 0.5) is 0 Å². The average Bonchev–Trinajstić information content (AvgIpc) is 2.31. The van der Waals surface area contributed by atoms with Crippen LogP contribution in [0.3, 0.4) is 0 Å². The van der Waals surface area contributed by atoms with E-state index in [4.69, 9.17) is 23.2 Å². The van der Waals surface area contributed by atoms with Gasteiger partial charge in [0.1, 0.15) is 5.75 Å². The second-order valence-electron chi connectivity index (χ2n) is 6.23. The van der Waals surface area contributed by atoms with Crippen molar-refractivity contribution >= 4 is 23.2 Å². The third-order valence-electron chi connectivity index (χ3n) is 3.89. The molecule has 0 aromatic heterocycles. The number of halogens is 2. The van der Waals surface area contributed by atoms with Crippen LogP contribution in [-0.2, 0) is 6.54 Å². The molecule has 0 aliphatic heterocycles. The maximum absolute atomic E-state index is 9.92. The Morgan fingerprint density at radius 1 is 1.37 bits per heavy atom. The van der Waals surface area contributed by atoms with Crippen molar-refractivity contribution in [1.82, 2.24) is 5.32 Å². The summed E-state index contributed by atoms with van der Waals surface area (Å²) in [6.07, 6.45) is 4.91. The Balaban J connectivity index is 1.99. The molecular formula is C15H21Cl2NO. The van der Waals surface area contributed by atoms with Crippen molar-refractivity contribution in [2.24, 2.45) is 5.41 Å². The van der Waals surface area contributed by atoms with E-state index in [1.54, 1.807) is 12.1 Å². The van der Waals surface area contributed by atoms with Gasteiger partial charge < -0.3 is 10.4 Å². The zero-order valence-electron chi connectivity index (χ0n) is 11.5. The maximum Gasteiger partial charge on any atom is 0.138 e. The summed E-state index contributed by atoms with van der Waals surface area (Å²) in [5.74, 6) is 0.133. The number of hydrogen-bond donors (Lipinski definition) is 2. The molecular weight excluding hydrogens is 281 g/mol. The third-order valence-corrected chi connectivity index (χ3v) is 4.40. The van der Waals surface area contributed by atoms with Crippen molar-refractivity contribution in [3.63, 3.8) is 0 Å². The van der Waals surface area contributed by atoms with Gasteiger partial charge in [0, 0.05) is 23.2 Å². The second kappa shape index (κ2) is 5.90. The maximum atomic E-state index is 9.92. The van der Waals surface area contributed by atoms with Gasteiger partial charge in [0.15, 0.2) is 0 Å². The molecule has 2 rings (SSSR count). The van der Waals surface area contributed by atoms with Crippen molar-refractivity contribution in [3.8, 4) is 5.75 Å². The van der Waals surface area contributed by atoms with E-state index >= 15 is 0 Å². The Morgan fingerprint density at radius 2 is 2.11 bits per heavy atom. The van der Waals surface area contributed by atoms with Crippen LogP contribution in [0.2, 0.25) is 10.0 Å². The molecule has 0 saturated heterocycles. The van der Waals surface area contributed by atoms with Crippen molar-refractivity contribution in [1.29, 1.82) is 0 Å². The number of phenols is 1. The van der Waals surface area contributed by atoms with Crippen molar-refractivity contribution in [3.05, 3.63) is 27.7 Å². The van der Waals surface area contributed by atoms with Crippen molar-refractivity contribution < 1.29 is 5.11 Å². The first kappa shape index (κ1) is 15.0. The smallest absolute Gasteiger partial charge is 0.138 e. The lowest BCUT2D eigenvalue weighted by Crippen LogP contribution is -2.36. The van der Waals surface area contributed by atoms with Gasteiger partial charge in [-0.3, -0.25) is 0 Å². The molecule has 4 heteroatoms. The number of nitrogens with one attached hydrogen (secondary N) is 1. The molecule has 1 saturated carbocycles. The fourth-order valence-electron chi connectivity index (χ4n) is 2.88. The van der Waals surface area contributed by atoms with Gasteiger partial charge in [-0.2, -0.15) is 0 Å². The summed E-state index contributed by atoms with van der Waals surface area (Å²) in [6, 6.07) is 3.83. The Labute approximate surface area is 125 Å². The fraction of sp³-hybridized carbons (Fsp3) is 0.600. The topological polar surface area (TPSA) is 32.3 Å². The largest absolute Gasteiger partial charge is 0.506 e. The summed E-state index contributed by atoms with van der Waals surface area (Å²) in [6.45, 7) is 5.23. The van der Waals surface area contributed by atoms with Gasteiger partial charge in [-0.1, -0.05) is 43.5 Å². The SMILES string of the molecule is CC1(C)CCCC(NCc2cc(Cl)cc(Cl)c2O)C1. The van der Waals surface area contributed by atoms with Crippen LogP contribution in [0.15, 0.2) is 12.1 Å². The van der Waals surface area contributed by atoms with Gasteiger partial charge in [0.05, 0.1) is 5.02 Å². The van der Waals surface area contributed by atoms with Crippen LogP contribution in [0.5, 0.6) is 5.75 Å². The molecule has 0 spiro atoms. The highest BCUT2D eigenvalue weighted by atomic mass is 35.5.